The van der Waals surface area contributed by atoms with Gasteiger partial charge < -0.3 is 0 Å². The van der Waals surface area contributed by atoms with Gasteiger partial charge in [-0.05, 0) is 35.7 Å². The molecule has 0 radical (unpaired) electrons. The minimum atomic E-state index is -0.142. The van der Waals surface area contributed by atoms with Crippen LogP contribution in [-0.4, -0.2) is 10.2 Å². The Morgan fingerprint density at radius 3 is 2.67 bits per heavy atom. The van der Waals surface area contributed by atoms with Crippen molar-refractivity contribution in [3.63, 3.8) is 0 Å². The fraction of sp³-hybridized carbons (Fsp3) is 0. The number of thiocarbonyl (C=S) groups is 1. The zero-order valence-electron chi connectivity index (χ0n) is 10.4. The Bertz CT molecular complexity index is 756. The molecule has 1 aliphatic rings. The Labute approximate surface area is 145 Å². The van der Waals surface area contributed by atoms with Crippen molar-refractivity contribution in [1.29, 1.82) is 0 Å². The van der Waals surface area contributed by atoms with Crippen LogP contribution >= 0.6 is 58.5 Å². The van der Waals surface area contributed by atoms with Crippen molar-refractivity contribution in [2.75, 3.05) is 4.90 Å². The highest BCUT2D eigenvalue weighted by molar-refractivity contribution is 8.27. The van der Waals surface area contributed by atoms with Gasteiger partial charge in [-0.15, -0.1) is 11.3 Å². The summed E-state index contributed by atoms with van der Waals surface area (Å²) < 4.78 is 0.487. The van der Waals surface area contributed by atoms with Gasteiger partial charge >= 0.3 is 0 Å². The Hall–Kier alpha value is -0.850. The molecular weight excluding hydrogens is 365 g/mol. The molecule has 0 saturated carbocycles. The van der Waals surface area contributed by atoms with Crippen molar-refractivity contribution < 1.29 is 4.79 Å². The Balaban J connectivity index is 1.95. The van der Waals surface area contributed by atoms with Crippen LogP contribution in [0.2, 0.25) is 10.0 Å². The summed E-state index contributed by atoms with van der Waals surface area (Å²) >= 11 is 20.1. The molecule has 1 aromatic heterocycles. The standard InChI is InChI=1S/C14H7Cl2NOS3/c15-10-4-3-8(6-11(10)16)17-13(18)12(21-14(17)19)7-9-2-1-5-20-9/h1-7H/b12-7-. The van der Waals surface area contributed by atoms with E-state index >= 15 is 0 Å². The first-order valence-electron chi connectivity index (χ1n) is 5.83. The molecule has 7 heteroatoms. The van der Waals surface area contributed by atoms with Crippen LogP contribution in [0.15, 0.2) is 40.6 Å². The SMILES string of the molecule is O=C1/C(=C/c2cccs2)SC(=S)N1c1ccc(Cl)c(Cl)c1. The highest BCUT2D eigenvalue weighted by Gasteiger charge is 2.33. The lowest BCUT2D eigenvalue weighted by Crippen LogP contribution is -2.27. The number of halogens is 2. The lowest BCUT2D eigenvalue weighted by molar-refractivity contribution is -0.113. The number of benzene rings is 1. The van der Waals surface area contributed by atoms with Gasteiger partial charge in [0.05, 0.1) is 20.6 Å². The number of carbonyl (C=O) groups excluding carboxylic acids is 1. The molecule has 21 heavy (non-hydrogen) atoms. The summed E-state index contributed by atoms with van der Waals surface area (Å²) in [6.07, 6.45) is 1.85. The average molecular weight is 372 g/mol. The fourth-order valence-electron chi connectivity index (χ4n) is 1.82. The maximum absolute atomic E-state index is 12.5. The molecule has 1 aliphatic heterocycles. The van der Waals surface area contributed by atoms with Crippen molar-refractivity contribution in [2.45, 2.75) is 0 Å². The Morgan fingerprint density at radius 1 is 1.19 bits per heavy atom. The molecule has 0 bridgehead atoms. The van der Waals surface area contributed by atoms with Gasteiger partial charge in [0.15, 0.2) is 4.32 Å². The van der Waals surface area contributed by atoms with Gasteiger partial charge in [0.1, 0.15) is 0 Å². The Kier molecular flexibility index (Phi) is 4.38. The quantitative estimate of drug-likeness (QED) is 0.516. The number of thiophene rings is 1. The van der Waals surface area contributed by atoms with Crippen molar-refractivity contribution in [2.24, 2.45) is 0 Å². The van der Waals surface area contributed by atoms with E-state index in [0.29, 0.717) is 25.0 Å². The van der Waals surface area contributed by atoms with E-state index in [9.17, 15) is 4.79 Å². The molecule has 1 saturated heterocycles. The Morgan fingerprint density at radius 2 is 2.00 bits per heavy atom. The van der Waals surface area contributed by atoms with E-state index in [0.717, 1.165) is 4.88 Å². The molecule has 1 amide bonds. The van der Waals surface area contributed by atoms with E-state index in [1.165, 1.54) is 16.7 Å². The van der Waals surface area contributed by atoms with Gasteiger partial charge in [-0.2, -0.15) is 0 Å². The van der Waals surface area contributed by atoms with Crippen LogP contribution in [0.5, 0.6) is 0 Å². The zero-order chi connectivity index (χ0) is 15.0. The van der Waals surface area contributed by atoms with Crippen molar-refractivity contribution in [1.82, 2.24) is 0 Å². The van der Waals surface area contributed by atoms with Gasteiger partial charge in [0.25, 0.3) is 5.91 Å². The first-order valence-corrected chi connectivity index (χ1v) is 8.69. The van der Waals surface area contributed by atoms with Crippen LogP contribution in [0.1, 0.15) is 4.88 Å². The minimum absolute atomic E-state index is 0.142. The highest BCUT2D eigenvalue weighted by atomic mass is 35.5. The van der Waals surface area contributed by atoms with Gasteiger partial charge in [-0.25, -0.2) is 0 Å². The molecule has 1 aromatic carbocycles. The van der Waals surface area contributed by atoms with E-state index in [4.69, 9.17) is 35.4 Å². The van der Waals surface area contributed by atoms with Gasteiger partial charge in [-0.3, -0.25) is 9.69 Å². The summed E-state index contributed by atoms with van der Waals surface area (Å²) in [6.45, 7) is 0. The number of amides is 1. The summed E-state index contributed by atoms with van der Waals surface area (Å²) in [6, 6.07) is 8.92. The molecule has 2 aromatic rings. The third-order valence-corrected chi connectivity index (χ3v) is 5.63. The van der Waals surface area contributed by atoms with Crippen LogP contribution in [-0.2, 0) is 4.79 Å². The lowest BCUT2D eigenvalue weighted by Gasteiger charge is -2.15. The summed E-state index contributed by atoms with van der Waals surface area (Å²) in [4.78, 5) is 15.6. The largest absolute Gasteiger partial charge is 0.270 e. The number of anilines is 1. The number of rotatable bonds is 2. The number of hydrogen-bond acceptors (Lipinski definition) is 4. The molecule has 3 rings (SSSR count). The van der Waals surface area contributed by atoms with E-state index in [2.05, 4.69) is 0 Å². The normalized spacial score (nSPS) is 17.0. The number of thioether (sulfide) groups is 1. The second-order valence-electron chi connectivity index (χ2n) is 4.13. The van der Waals surface area contributed by atoms with Crippen molar-refractivity contribution >= 4 is 80.5 Å². The summed E-state index contributed by atoms with van der Waals surface area (Å²) in [5.41, 5.74) is 0.626. The van der Waals surface area contributed by atoms with Gasteiger partial charge in [0, 0.05) is 4.88 Å². The van der Waals surface area contributed by atoms with Crippen LogP contribution in [0.3, 0.4) is 0 Å². The van der Waals surface area contributed by atoms with Crippen LogP contribution in [0.25, 0.3) is 6.08 Å². The van der Waals surface area contributed by atoms with Crippen LogP contribution < -0.4 is 4.90 Å². The molecule has 0 unspecified atom stereocenters. The number of carbonyl (C=O) groups is 1. The highest BCUT2D eigenvalue weighted by Crippen LogP contribution is 2.38. The molecule has 0 aliphatic carbocycles. The molecule has 1 fully saturated rings. The van der Waals surface area contributed by atoms with Crippen molar-refractivity contribution in [3.05, 3.63) is 55.5 Å². The third kappa shape index (κ3) is 3.03. The predicted octanol–water partition coefficient (Wildman–Crippen LogP) is 5.46. The third-order valence-electron chi connectivity index (χ3n) is 2.77. The maximum atomic E-state index is 12.5. The fourth-order valence-corrected chi connectivity index (χ4v) is 4.13. The second kappa shape index (κ2) is 6.10. The van der Waals surface area contributed by atoms with Crippen LogP contribution in [0, 0.1) is 0 Å². The summed E-state index contributed by atoms with van der Waals surface area (Å²) in [5, 5.41) is 2.80. The first-order chi connectivity index (χ1) is 10.1. The van der Waals surface area contributed by atoms with Crippen LogP contribution in [0.4, 0.5) is 5.69 Å². The van der Waals surface area contributed by atoms with Crippen molar-refractivity contribution in [3.8, 4) is 0 Å². The average Bonchev–Trinajstić information content (AvgIpc) is 3.03. The van der Waals surface area contributed by atoms with Gasteiger partial charge in [0.2, 0.25) is 0 Å². The monoisotopic (exact) mass is 371 g/mol. The predicted molar refractivity (Wildman–Crippen MR) is 96.4 cm³/mol. The number of nitrogens with zero attached hydrogens (tertiary/aromatic N) is 1. The summed E-state index contributed by atoms with van der Waals surface area (Å²) in [7, 11) is 0. The van der Waals surface area contributed by atoms with E-state index in [1.54, 1.807) is 29.5 Å². The smallest absolute Gasteiger partial charge is 0.268 e. The lowest BCUT2D eigenvalue weighted by atomic mass is 10.3. The number of hydrogen-bond donors (Lipinski definition) is 0. The molecule has 0 atom stereocenters. The molecule has 2 heterocycles. The second-order valence-corrected chi connectivity index (χ2v) is 7.60. The molecule has 106 valence electrons. The zero-order valence-corrected chi connectivity index (χ0v) is 14.3. The van der Waals surface area contributed by atoms with Gasteiger partial charge in [-0.1, -0.05) is 53.2 Å². The molecule has 0 N–H and O–H groups in total. The van der Waals surface area contributed by atoms with E-state index in [1.807, 2.05) is 23.6 Å². The van der Waals surface area contributed by atoms with E-state index < -0.39 is 0 Å². The molecule has 0 spiro atoms. The first kappa shape index (κ1) is 15.1. The topological polar surface area (TPSA) is 20.3 Å². The maximum Gasteiger partial charge on any atom is 0.270 e. The summed E-state index contributed by atoms with van der Waals surface area (Å²) in [5.74, 6) is -0.142. The molecular formula is C14H7Cl2NOS3. The molecule has 2 nitrogen and oxygen atoms in total. The van der Waals surface area contributed by atoms with E-state index in [-0.39, 0.29) is 5.91 Å². The minimum Gasteiger partial charge on any atom is -0.268 e.